The molecule has 1 amide bonds. The maximum Gasteiger partial charge on any atom is 0.270 e. The van der Waals surface area contributed by atoms with Crippen LogP contribution in [0.2, 0.25) is 0 Å². The molecule has 0 atom stereocenters. The van der Waals surface area contributed by atoms with Crippen LogP contribution < -0.4 is 16.6 Å². The molecule has 0 bridgehead atoms. The van der Waals surface area contributed by atoms with Crippen LogP contribution >= 0.6 is 22.6 Å². The maximum absolute atomic E-state index is 12.2. The molecular formula is C13H11IN4O3. The fourth-order valence-corrected chi connectivity index (χ4v) is 2.05. The van der Waals surface area contributed by atoms with E-state index in [0.717, 1.165) is 3.57 Å². The number of hydrogen-bond donors (Lipinski definition) is 3. The predicted octanol–water partition coefficient (Wildman–Crippen LogP) is 2.74. The number of nitro groups is 1. The van der Waals surface area contributed by atoms with Crippen LogP contribution in [0.15, 0.2) is 42.5 Å². The zero-order valence-corrected chi connectivity index (χ0v) is 12.8. The molecule has 0 aliphatic rings. The van der Waals surface area contributed by atoms with Crippen LogP contribution in [-0.4, -0.2) is 10.8 Å². The number of benzene rings is 2. The Morgan fingerprint density at radius 2 is 1.86 bits per heavy atom. The molecule has 8 heteroatoms. The Kier molecular flexibility index (Phi) is 4.70. The summed E-state index contributed by atoms with van der Waals surface area (Å²) in [4.78, 5) is 22.4. The highest BCUT2D eigenvalue weighted by molar-refractivity contribution is 14.1. The highest BCUT2D eigenvalue weighted by Gasteiger charge is 2.16. The Morgan fingerprint density at radius 1 is 1.19 bits per heavy atom. The lowest BCUT2D eigenvalue weighted by Gasteiger charge is -2.09. The molecular weight excluding hydrogens is 387 g/mol. The first kappa shape index (κ1) is 15.2. The van der Waals surface area contributed by atoms with Crippen molar-refractivity contribution in [3.63, 3.8) is 0 Å². The van der Waals surface area contributed by atoms with E-state index in [2.05, 4.69) is 33.3 Å². The van der Waals surface area contributed by atoms with Gasteiger partial charge in [-0.2, -0.15) is 0 Å². The minimum Gasteiger partial charge on any atom is -0.323 e. The molecule has 2 aromatic rings. The van der Waals surface area contributed by atoms with E-state index < -0.39 is 10.8 Å². The fraction of sp³-hybridized carbons (Fsp3) is 0. The lowest BCUT2D eigenvalue weighted by molar-refractivity contribution is -0.384. The van der Waals surface area contributed by atoms with Crippen molar-refractivity contribution >= 4 is 45.6 Å². The van der Waals surface area contributed by atoms with E-state index >= 15 is 0 Å². The number of nitrogens with zero attached hydrogens (tertiary/aromatic N) is 1. The van der Waals surface area contributed by atoms with E-state index in [1.165, 1.54) is 18.2 Å². The van der Waals surface area contributed by atoms with Crippen molar-refractivity contribution in [2.24, 2.45) is 5.84 Å². The Balaban J connectivity index is 2.30. The normalized spacial score (nSPS) is 10.0. The van der Waals surface area contributed by atoms with Crippen LogP contribution in [0.5, 0.6) is 0 Å². The highest BCUT2D eigenvalue weighted by Crippen LogP contribution is 2.23. The number of nitro benzene ring substituents is 1. The van der Waals surface area contributed by atoms with Crippen LogP contribution in [-0.2, 0) is 0 Å². The van der Waals surface area contributed by atoms with E-state index in [1.807, 2.05) is 12.1 Å². The van der Waals surface area contributed by atoms with Crippen molar-refractivity contribution < 1.29 is 9.72 Å². The van der Waals surface area contributed by atoms with Crippen molar-refractivity contribution in [1.82, 2.24) is 0 Å². The molecule has 2 rings (SSSR count). The van der Waals surface area contributed by atoms with Crippen molar-refractivity contribution in [2.45, 2.75) is 0 Å². The largest absolute Gasteiger partial charge is 0.323 e. The van der Waals surface area contributed by atoms with Crippen LogP contribution in [0.3, 0.4) is 0 Å². The number of nitrogens with one attached hydrogen (secondary N) is 2. The summed E-state index contributed by atoms with van der Waals surface area (Å²) >= 11 is 2.15. The van der Waals surface area contributed by atoms with Gasteiger partial charge in [0.1, 0.15) is 0 Å². The van der Waals surface area contributed by atoms with Crippen molar-refractivity contribution in [2.75, 3.05) is 10.7 Å². The standard InChI is InChI=1S/C13H11IN4O3/c14-8-1-3-9(4-2-8)16-13(19)11-7-10(18(20)21)5-6-12(11)17-15/h1-7,17H,15H2,(H,16,19). The van der Waals surface area contributed by atoms with Crippen LogP contribution in [0.1, 0.15) is 10.4 Å². The molecule has 0 heterocycles. The monoisotopic (exact) mass is 398 g/mol. The number of hydrogen-bond acceptors (Lipinski definition) is 5. The minimum absolute atomic E-state index is 0.102. The average molecular weight is 398 g/mol. The minimum atomic E-state index is -0.568. The van der Waals surface area contributed by atoms with Gasteiger partial charge in [-0.3, -0.25) is 20.8 Å². The van der Waals surface area contributed by atoms with Gasteiger partial charge in [-0.25, -0.2) is 0 Å². The summed E-state index contributed by atoms with van der Waals surface area (Å²) in [7, 11) is 0. The molecule has 0 radical (unpaired) electrons. The lowest BCUT2D eigenvalue weighted by atomic mass is 10.1. The summed E-state index contributed by atoms with van der Waals surface area (Å²) in [6.07, 6.45) is 0. The molecule has 21 heavy (non-hydrogen) atoms. The Hall–Kier alpha value is -2.20. The summed E-state index contributed by atoms with van der Waals surface area (Å²) in [5, 5.41) is 13.5. The first-order chi connectivity index (χ1) is 10.0. The number of halogens is 1. The number of carbonyl (C=O) groups excluding carboxylic acids is 1. The summed E-state index contributed by atoms with van der Waals surface area (Å²) in [6, 6.07) is 11.0. The number of nitrogens with two attached hydrogens (primary N) is 1. The molecule has 2 aromatic carbocycles. The number of rotatable bonds is 4. The summed E-state index contributed by atoms with van der Waals surface area (Å²) in [5.74, 6) is 4.85. The van der Waals surface area contributed by atoms with Crippen LogP contribution in [0, 0.1) is 13.7 Å². The van der Waals surface area contributed by atoms with E-state index in [1.54, 1.807) is 12.1 Å². The molecule has 7 nitrogen and oxygen atoms in total. The Morgan fingerprint density at radius 3 is 2.43 bits per heavy atom. The third-order valence-electron chi connectivity index (χ3n) is 2.72. The van der Waals surface area contributed by atoms with E-state index in [-0.39, 0.29) is 11.3 Å². The molecule has 0 aliphatic heterocycles. The smallest absolute Gasteiger partial charge is 0.270 e. The molecule has 0 aromatic heterocycles. The molecule has 4 N–H and O–H groups in total. The van der Waals surface area contributed by atoms with Gasteiger partial charge in [0, 0.05) is 21.4 Å². The first-order valence-electron chi connectivity index (χ1n) is 5.83. The van der Waals surface area contributed by atoms with Crippen molar-refractivity contribution in [3.8, 4) is 0 Å². The molecule has 0 saturated carbocycles. The number of hydrazine groups is 1. The van der Waals surface area contributed by atoms with Gasteiger partial charge in [0.25, 0.3) is 11.6 Å². The van der Waals surface area contributed by atoms with E-state index in [0.29, 0.717) is 11.4 Å². The molecule has 0 spiro atoms. The van der Waals surface area contributed by atoms with Gasteiger partial charge in [-0.1, -0.05) is 0 Å². The average Bonchev–Trinajstić information content (AvgIpc) is 2.48. The second kappa shape index (κ2) is 6.50. The second-order valence-corrected chi connectivity index (χ2v) is 5.34. The van der Waals surface area contributed by atoms with Crippen molar-refractivity contribution in [1.29, 1.82) is 0 Å². The Labute approximate surface area is 133 Å². The van der Waals surface area contributed by atoms with Crippen LogP contribution in [0.25, 0.3) is 0 Å². The quantitative estimate of drug-likeness (QED) is 0.318. The zero-order valence-electron chi connectivity index (χ0n) is 10.7. The first-order valence-corrected chi connectivity index (χ1v) is 6.91. The summed E-state index contributed by atoms with van der Waals surface area (Å²) < 4.78 is 1.03. The van der Waals surface area contributed by atoms with Gasteiger partial charge in [-0.15, -0.1) is 0 Å². The van der Waals surface area contributed by atoms with E-state index in [4.69, 9.17) is 5.84 Å². The van der Waals surface area contributed by atoms with Gasteiger partial charge in [0.2, 0.25) is 0 Å². The topological polar surface area (TPSA) is 110 Å². The summed E-state index contributed by atoms with van der Waals surface area (Å²) in [5.41, 5.74) is 3.18. The maximum atomic E-state index is 12.2. The number of amides is 1. The second-order valence-electron chi connectivity index (χ2n) is 4.09. The number of non-ortho nitro benzene ring substituents is 1. The van der Waals surface area contributed by atoms with Gasteiger partial charge < -0.3 is 10.7 Å². The van der Waals surface area contributed by atoms with Crippen molar-refractivity contribution in [3.05, 3.63) is 61.7 Å². The third kappa shape index (κ3) is 3.67. The third-order valence-corrected chi connectivity index (χ3v) is 3.44. The zero-order chi connectivity index (χ0) is 15.4. The lowest BCUT2D eigenvalue weighted by Crippen LogP contribution is -2.17. The van der Waals surface area contributed by atoms with Gasteiger partial charge in [-0.05, 0) is 52.9 Å². The number of carbonyl (C=O) groups is 1. The molecule has 0 unspecified atom stereocenters. The fourth-order valence-electron chi connectivity index (χ4n) is 1.69. The highest BCUT2D eigenvalue weighted by atomic mass is 127. The van der Waals surface area contributed by atoms with Gasteiger partial charge in [0.05, 0.1) is 16.2 Å². The predicted molar refractivity (Wildman–Crippen MR) is 88.0 cm³/mol. The molecule has 0 saturated heterocycles. The van der Waals surface area contributed by atoms with Gasteiger partial charge in [0.15, 0.2) is 0 Å². The molecule has 108 valence electrons. The van der Waals surface area contributed by atoms with Gasteiger partial charge >= 0.3 is 0 Å². The summed E-state index contributed by atoms with van der Waals surface area (Å²) in [6.45, 7) is 0. The van der Waals surface area contributed by atoms with E-state index in [9.17, 15) is 14.9 Å². The SMILES string of the molecule is NNc1ccc([N+](=O)[O-])cc1C(=O)Nc1ccc(I)cc1. The Bertz CT molecular complexity index is 688. The number of anilines is 2. The van der Waals surface area contributed by atoms with Crippen LogP contribution in [0.4, 0.5) is 17.1 Å². The molecule has 0 aliphatic carbocycles. The molecule has 0 fully saturated rings. The number of nitrogen functional groups attached to an aromatic ring is 1.